The molecule has 3 rings (SSSR count). The number of carbonyl (C=O) groups is 1. The Morgan fingerprint density at radius 3 is 3.00 bits per heavy atom. The van der Waals surface area contributed by atoms with E-state index >= 15 is 0 Å². The SMILES string of the molecule is O=C(O)c1c2c(nn1CCCO)-c1ccncc1CC2. The molecular weight excluding hydrogens is 258 g/mol. The summed E-state index contributed by atoms with van der Waals surface area (Å²) < 4.78 is 1.50. The number of nitrogens with zero attached hydrogens (tertiary/aromatic N) is 3. The third-order valence-corrected chi connectivity index (χ3v) is 3.58. The summed E-state index contributed by atoms with van der Waals surface area (Å²) in [6.45, 7) is 0.426. The molecule has 104 valence electrons. The number of aliphatic hydroxyl groups is 1. The molecule has 0 aromatic carbocycles. The number of aliphatic hydroxyl groups excluding tert-OH is 1. The number of hydrogen-bond acceptors (Lipinski definition) is 4. The fourth-order valence-electron chi connectivity index (χ4n) is 2.69. The van der Waals surface area contributed by atoms with E-state index in [1.165, 1.54) is 4.68 Å². The Kier molecular flexibility index (Phi) is 3.23. The van der Waals surface area contributed by atoms with Gasteiger partial charge in [-0.05, 0) is 30.9 Å². The lowest BCUT2D eigenvalue weighted by Crippen LogP contribution is -2.13. The summed E-state index contributed by atoms with van der Waals surface area (Å²) in [4.78, 5) is 15.6. The van der Waals surface area contributed by atoms with Crippen molar-refractivity contribution in [3.05, 3.63) is 35.3 Å². The van der Waals surface area contributed by atoms with Crippen LogP contribution in [-0.2, 0) is 19.4 Å². The molecular formula is C14H15N3O3. The Morgan fingerprint density at radius 2 is 2.25 bits per heavy atom. The standard InChI is InChI=1S/C14H15N3O3/c18-7-1-6-17-13(14(19)20)11-3-2-9-8-15-5-4-10(9)12(11)16-17/h4-5,8,18H,1-3,6-7H2,(H,19,20). The van der Waals surface area contributed by atoms with E-state index in [0.29, 0.717) is 19.4 Å². The molecule has 2 aromatic heterocycles. The second kappa shape index (κ2) is 5.05. The van der Waals surface area contributed by atoms with Gasteiger partial charge in [-0.1, -0.05) is 0 Å². The predicted octanol–water partition coefficient (Wildman–Crippen LogP) is 1.12. The van der Waals surface area contributed by atoms with E-state index in [2.05, 4.69) is 10.1 Å². The van der Waals surface area contributed by atoms with Gasteiger partial charge >= 0.3 is 5.97 Å². The summed E-state index contributed by atoms with van der Waals surface area (Å²) in [6, 6.07) is 1.88. The Morgan fingerprint density at radius 1 is 1.40 bits per heavy atom. The lowest BCUT2D eigenvalue weighted by Gasteiger charge is -2.14. The highest BCUT2D eigenvalue weighted by Gasteiger charge is 2.27. The van der Waals surface area contributed by atoms with Crippen LogP contribution in [0.2, 0.25) is 0 Å². The van der Waals surface area contributed by atoms with Crippen molar-refractivity contribution >= 4 is 5.97 Å². The zero-order valence-corrected chi connectivity index (χ0v) is 10.9. The van der Waals surface area contributed by atoms with E-state index < -0.39 is 5.97 Å². The average molecular weight is 273 g/mol. The number of aromatic carboxylic acids is 1. The maximum Gasteiger partial charge on any atom is 0.354 e. The molecule has 0 atom stereocenters. The van der Waals surface area contributed by atoms with Crippen LogP contribution in [0.1, 0.15) is 28.0 Å². The van der Waals surface area contributed by atoms with Gasteiger partial charge in [0.1, 0.15) is 5.69 Å². The molecule has 2 heterocycles. The van der Waals surface area contributed by atoms with E-state index in [1.807, 2.05) is 12.3 Å². The lowest BCUT2D eigenvalue weighted by atomic mass is 9.90. The van der Waals surface area contributed by atoms with E-state index in [-0.39, 0.29) is 12.3 Å². The first-order valence-corrected chi connectivity index (χ1v) is 6.59. The van der Waals surface area contributed by atoms with Gasteiger partial charge in [0.25, 0.3) is 0 Å². The zero-order chi connectivity index (χ0) is 14.1. The minimum Gasteiger partial charge on any atom is -0.477 e. The molecule has 0 unspecified atom stereocenters. The summed E-state index contributed by atoms with van der Waals surface area (Å²) in [5, 5.41) is 22.8. The Hall–Kier alpha value is -2.21. The van der Waals surface area contributed by atoms with Crippen LogP contribution in [0.4, 0.5) is 0 Å². The number of rotatable bonds is 4. The third-order valence-electron chi connectivity index (χ3n) is 3.58. The number of carboxylic acid groups (broad SMARTS) is 1. The smallest absolute Gasteiger partial charge is 0.354 e. The van der Waals surface area contributed by atoms with Gasteiger partial charge in [-0.15, -0.1) is 0 Å². The largest absolute Gasteiger partial charge is 0.477 e. The minimum atomic E-state index is -0.964. The van der Waals surface area contributed by atoms with Gasteiger partial charge in [-0.3, -0.25) is 9.67 Å². The molecule has 6 heteroatoms. The van der Waals surface area contributed by atoms with Crippen LogP contribution in [-0.4, -0.2) is 37.6 Å². The molecule has 0 bridgehead atoms. The highest BCUT2D eigenvalue weighted by atomic mass is 16.4. The van der Waals surface area contributed by atoms with Crippen LogP contribution in [0, 0.1) is 0 Å². The van der Waals surface area contributed by atoms with Gasteiger partial charge in [-0.25, -0.2) is 4.79 Å². The van der Waals surface area contributed by atoms with Crippen LogP contribution >= 0.6 is 0 Å². The monoisotopic (exact) mass is 273 g/mol. The van der Waals surface area contributed by atoms with Gasteiger partial charge in [0, 0.05) is 36.7 Å². The van der Waals surface area contributed by atoms with Crippen LogP contribution in [0.15, 0.2) is 18.5 Å². The molecule has 0 aliphatic heterocycles. The van der Waals surface area contributed by atoms with Crippen molar-refractivity contribution in [3.8, 4) is 11.3 Å². The molecule has 1 aliphatic carbocycles. The minimum absolute atomic E-state index is 0.0179. The zero-order valence-electron chi connectivity index (χ0n) is 10.9. The Labute approximate surface area is 115 Å². The second-order valence-corrected chi connectivity index (χ2v) is 4.81. The maximum absolute atomic E-state index is 11.5. The van der Waals surface area contributed by atoms with Gasteiger partial charge in [0.15, 0.2) is 0 Å². The molecule has 0 saturated carbocycles. The molecule has 0 amide bonds. The van der Waals surface area contributed by atoms with E-state index in [4.69, 9.17) is 5.11 Å². The van der Waals surface area contributed by atoms with Gasteiger partial charge < -0.3 is 10.2 Å². The van der Waals surface area contributed by atoms with E-state index in [9.17, 15) is 9.90 Å². The van der Waals surface area contributed by atoms with Gasteiger partial charge in [0.2, 0.25) is 0 Å². The first-order chi connectivity index (χ1) is 9.72. The third kappa shape index (κ3) is 1.98. The number of aromatic nitrogens is 3. The first-order valence-electron chi connectivity index (χ1n) is 6.59. The van der Waals surface area contributed by atoms with Gasteiger partial charge in [0.05, 0.1) is 5.69 Å². The summed E-state index contributed by atoms with van der Waals surface area (Å²) in [5.74, 6) is -0.964. The van der Waals surface area contributed by atoms with Crippen molar-refractivity contribution in [2.24, 2.45) is 0 Å². The van der Waals surface area contributed by atoms with Crippen molar-refractivity contribution in [2.45, 2.75) is 25.8 Å². The molecule has 1 aliphatic rings. The van der Waals surface area contributed by atoms with Crippen LogP contribution in [0.5, 0.6) is 0 Å². The molecule has 0 radical (unpaired) electrons. The molecule has 2 aromatic rings. The van der Waals surface area contributed by atoms with Crippen molar-refractivity contribution in [2.75, 3.05) is 6.61 Å². The number of aryl methyl sites for hydroxylation is 2. The highest BCUT2D eigenvalue weighted by molar-refractivity contribution is 5.90. The Bertz CT molecular complexity index is 664. The molecule has 0 spiro atoms. The second-order valence-electron chi connectivity index (χ2n) is 4.81. The van der Waals surface area contributed by atoms with Crippen molar-refractivity contribution < 1.29 is 15.0 Å². The number of pyridine rings is 1. The number of hydrogen-bond donors (Lipinski definition) is 2. The quantitative estimate of drug-likeness (QED) is 0.871. The van der Waals surface area contributed by atoms with Crippen molar-refractivity contribution in [1.29, 1.82) is 0 Å². The van der Waals surface area contributed by atoms with Crippen LogP contribution in [0.3, 0.4) is 0 Å². The van der Waals surface area contributed by atoms with Crippen LogP contribution in [0.25, 0.3) is 11.3 Å². The average Bonchev–Trinajstić information content (AvgIpc) is 2.84. The summed E-state index contributed by atoms with van der Waals surface area (Å²) in [6.07, 6.45) is 5.44. The molecule has 20 heavy (non-hydrogen) atoms. The highest BCUT2D eigenvalue weighted by Crippen LogP contribution is 2.34. The number of fused-ring (bicyclic) bond motifs is 3. The maximum atomic E-state index is 11.5. The number of carboxylic acids is 1. The molecule has 6 nitrogen and oxygen atoms in total. The summed E-state index contributed by atoms with van der Waals surface area (Å²) >= 11 is 0. The van der Waals surface area contributed by atoms with E-state index in [1.54, 1.807) is 6.20 Å². The summed E-state index contributed by atoms with van der Waals surface area (Å²) in [5.41, 5.74) is 3.84. The fourth-order valence-corrected chi connectivity index (χ4v) is 2.69. The van der Waals surface area contributed by atoms with Crippen LogP contribution < -0.4 is 0 Å². The molecule has 0 fully saturated rings. The summed E-state index contributed by atoms with van der Waals surface area (Å²) in [7, 11) is 0. The predicted molar refractivity (Wildman–Crippen MR) is 71.5 cm³/mol. The normalized spacial score (nSPS) is 12.8. The fraction of sp³-hybridized carbons (Fsp3) is 0.357. The van der Waals surface area contributed by atoms with Crippen molar-refractivity contribution in [3.63, 3.8) is 0 Å². The van der Waals surface area contributed by atoms with E-state index in [0.717, 1.165) is 28.8 Å². The molecule has 0 saturated heterocycles. The topological polar surface area (TPSA) is 88.2 Å². The molecule has 2 N–H and O–H groups in total. The van der Waals surface area contributed by atoms with Crippen molar-refractivity contribution in [1.82, 2.24) is 14.8 Å². The first kappa shape index (κ1) is 12.8. The lowest BCUT2D eigenvalue weighted by molar-refractivity contribution is 0.0681. The Balaban J connectivity index is 2.14. The van der Waals surface area contributed by atoms with Gasteiger partial charge in [-0.2, -0.15) is 5.10 Å².